The third-order valence-electron chi connectivity index (χ3n) is 7.73. The number of piperazine rings is 1. The molecular formula is C33H50N2O3. The molecule has 3 unspecified atom stereocenters. The summed E-state index contributed by atoms with van der Waals surface area (Å²) in [6.45, 7) is 18.1. The lowest BCUT2D eigenvalue weighted by atomic mass is 9.79. The Hall–Kier alpha value is -2.37. The molecule has 1 heterocycles. The van der Waals surface area contributed by atoms with E-state index in [1.54, 1.807) is 0 Å². The third kappa shape index (κ3) is 9.43. The van der Waals surface area contributed by atoms with E-state index in [1.165, 1.54) is 11.1 Å². The maximum absolute atomic E-state index is 12.4. The van der Waals surface area contributed by atoms with E-state index in [0.717, 1.165) is 51.9 Å². The van der Waals surface area contributed by atoms with E-state index in [0.29, 0.717) is 6.04 Å². The molecular weight excluding hydrogens is 472 g/mol. The van der Waals surface area contributed by atoms with Gasteiger partial charge in [0, 0.05) is 32.2 Å². The number of benzene rings is 2. The Morgan fingerprint density at radius 2 is 1.39 bits per heavy atom. The summed E-state index contributed by atoms with van der Waals surface area (Å²) in [5.74, 6) is 0. The van der Waals surface area contributed by atoms with Crippen LogP contribution in [0.4, 0.5) is 4.79 Å². The maximum Gasteiger partial charge on any atom is 0.410 e. The summed E-state index contributed by atoms with van der Waals surface area (Å²) >= 11 is 0. The molecule has 5 heteroatoms. The molecule has 1 fully saturated rings. The molecule has 1 saturated heterocycles. The number of amides is 1. The summed E-state index contributed by atoms with van der Waals surface area (Å²) < 4.78 is 12.3. The summed E-state index contributed by atoms with van der Waals surface area (Å²) in [6, 6.07) is 21.9. The summed E-state index contributed by atoms with van der Waals surface area (Å²) in [7, 11) is 0. The molecule has 0 aromatic heterocycles. The first-order chi connectivity index (χ1) is 17.9. The quantitative estimate of drug-likeness (QED) is 0.304. The van der Waals surface area contributed by atoms with Gasteiger partial charge in [0.2, 0.25) is 0 Å². The highest BCUT2D eigenvalue weighted by Gasteiger charge is 2.28. The topological polar surface area (TPSA) is 42.0 Å². The van der Waals surface area contributed by atoms with Gasteiger partial charge in [0.05, 0.1) is 12.2 Å². The number of rotatable bonds is 11. The van der Waals surface area contributed by atoms with Crippen molar-refractivity contribution in [2.24, 2.45) is 0 Å². The number of carbonyl (C=O) groups is 1. The van der Waals surface area contributed by atoms with Gasteiger partial charge in [-0.3, -0.25) is 4.90 Å². The minimum absolute atomic E-state index is 0.0851. The minimum atomic E-state index is -0.452. The number of carbonyl (C=O) groups excluding carboxylic acids is 1. The molecule has 38 heavy (non-hydrogen) atoms. The van der Waals surface area contributed by atoms with Crippen LogP contribution < -0.4 is 0 Å². The lowest BCUT2D eigenvalue weighted by molar-refractivity contribution is -0.0208. The van der Waals surface area contributed by atoms with Gasteiger partial charge < -0.3 is 14.4 Å². The van der Waals surface area contributed by atoms with E-state index in [-0.39, 0.29) is 23.7 Å². The van der Waals surface area contributed by atoms with Crippen LogP contribution in [0.1, 0.15) is 91.4 Å². The predicted octanol–water partition coefficient (Wildman–Crippen LogP) is 7.61. The lowest BCUT2D eigenvalue weighted by Crippen LogP contribution is -2.52. The number of ether oxygens (including phenoxy) is 2. The molecule has 2 aromatic rings. The van der Waals surface area contributed by atoms with Crippen LogP contribution in [0.2, 0.25) is 0 Å². The molecule has 0 radical (unpaired) electrons. The molecule has 0 aliphatic carbocycles. The zero-order valence-electron chi connectivity index (χ0n) is 24.8. The summed E-state index contributed by atoms with van der Waals surface area (Å²) in [6.07, 6.45) is 4.19. The van der Waals surface area contributed by atoms with Gasteiger partial charge in [-0.25, -0.2) is 4.79 Å². The number of hydrogen-bond donors (Lipinski definition) is 0. The van der Waals surface area contributed by atoms with Crippen LogP contribution in [0.15, 0.2) is 60.7 Å². The van der Waals surface area contributed by atoms with Gasteiger partial charge in [-0.2, -0.15) is 0 Å². The summed E-state index contributed by atoms with van der Waals surface area (Å²) in [5, 5.41) is 0. The van der Waals surface area contributed by atoms with Gasteiger partial charge >= 0.3 is 6.09 Å². The van der Waals surface area contributed by atoms with Gasteiger partial charge in [-0.05, 0) is 76.8 Å². The van der Waals surface area contributed by atoms with Crippen molar-refractivity contribution in [1.82, 2.24) is 9.80 Å². The first kappa shape index (κ1) is 30.2. The molecule has 1 amide bonds. The van der Waals surface area contributed by atoms with Crippen molar-refractivity contribution < 1.29 is 14.3 Å². The second-order valence-electron chi connectivity index (χ2n) is 12.6. The first-order valence-electron chi connectivity index (χ1n) is 14.4. The summed E-state index contributed by atoms with van der Waals surface area (Å²) in [4.78, 5) is 16.7. The van der Waals surface area contributed by atoms with E-state index in [4.69, 9.17) is 9.47 Å². The Bertz CT molecular complexity index is 963. The van der Waals surface area contributed by atoms with Crippen LogP contribution in [0.25, 0.3) is 0 Å². The highest BCUT2D eigenvalue weighted by Crippen LogP contribution is 2.34. The van der Waals surface area contributed by atoms with E-state index in [9.17, 15) is 4.79 Å². The summed E-state index contributed by atoms with van der Waals surface area (Å²) in [5.41, 5.74) is 2.28. The molecule has 0 spiro atoms. The number of nitrogens with zero attached hydrogens (tertiary/aromatic N) is 2. The normalized spacial score (nSPS) is 17.6. The zero-order valence-corrected chi connectivity index (χ0v) is 24.8. The average Bonchev–Trinajstić information content (AvgIpc) is 2.89. The van der Waals surface area contributed by atoms with Crippen LogP contribution >= 0.6 is 0 Å². The van der Waals surface area contributed by atoms with Crippen LogP contribution in [0, 0.1) is 0 Å². The molecule has 3 rings (SSSR count). The molecule has 3 atom stereocenters. The number of hydrogen-bond acceptors (Lipinski definition) is 4. The molecule has 1 aliphatic heterocycles. The van der Waals surface area contributed by atoms with Crippen molar-refractivity contribution in [2.45, 2.75) is 103 Å². The van der Waals surface area contributed by atoms with Crippen LogP contribution in [-0.4, -0.2) is 59.8 Å². The van der Waals surface area contributed by atoms with E-state index in [1.807, 2.05) is 25.7 Å². The Morgan fingerprint density at radius 1 is 0.816 bits per heavy atom. The van der Waals surface area contributed by atoms with Gasteiger partial charge in [0.15, 0.2) is 0 Å². The van der Waals surface area contributed by atoms with E-state index >= 15 is 0 Å². The highest BCUT2D eigenvalue weighted by molar-refractivity contribution is 5.68. The molecule has 0 N–H and O–H groups in total. The van der Waals surface area contributed by atoms with Crippen molar-refractivity contribution in [3.8, 4) is 0 Å². The fraction of sp³-hybridized carbons (Fsp3) is 0.606. The average molecular weight is 523 g/mol. The maximum atomic E-state index is 12.4. The van der Waals surface area contributed by atoms with Gasteiger partial charge in [-0.15, -0.1) is 0 Å². The molecule has 2 aromatic carbocycles. The van der Waals surface area contributed by atoms with Gasteiger partial charge in [0.25, 0.3) is 0 Å². The molecule has 210 valence electrons. The molecule has 0 bridgehead atoms. The largest absolute Gasteiger partial charge is 0.444 e. The Morgan fingerprint density at radius 3 is 1.97 bits per heavy atom. The van der Waals surface area contributed by atoms with E-state index in [2.05, 4.69) is 93.3 Å². The van der Waals surface area contributed by atoms with E-state index < -0.39 is 5.60 Å². The first-order valence-corrected chi connectivity index (χ1v) is 14.4. The van der Waals surface area contributed by atoms with Gasteiger partial charge in [0.1, 0.15) is 5.60 Å². The minimum Gasteiger partial charge on any atom is -0.444 e. The highest BCUT2D eigenvalue weighted by atomic mass is 16.6. The zero-order chi connectivity index (χ0) is 27.8. The Labute approximate surface area is 231 Å². The molecule has 5 nitrogen and oxygen atoms in total. The standard InChI is InChI=1S/C33H50N2O3/c1-26(34-22-24-35(25-23-34)31(36)38-32(3,4)5)18-19-27(2)37-30(28-14-10-8-11-15-28)20-21-33(6,7)29-16-12-9-13-17-29/h8-17,26-27,30H,18-25H2,1-7H3. The Balaban J connectivity index is 1.50. The second kappa shape index (κ2) is 13.6. The fourth-order valence-electron chi connectivity index (χ4n) is 5.19. The third-order valence-corrected chi connectivity index (χ3v) is 7.73. The molecule has 0 saturated carbocycles. The molecule has 1 aliphatic rings. The Kier molecular flexibility index (Phi) is 10.8. The van der Waals surface area contributed by atoms with Crippen molar-refractivity contribution in [3.63, 3.8) is 0 Å². The monoisotopic (exact) mass is 522 g/mol. The van der Waals surface area contributed by atoms with Crippen molar-refractivity contribution in [2.75, 3.05) is 26.2 Å². The van der Waals surface area contributed by atoms with Crippen molar-refractivity contribution >= 4 is 6.09 Å². The predicted molar refractivity (Wildman–Crippen MR) is 157 cm³/mol. The SMILES string of the molecule is CC(CCC(C)N1CCN(C(=O)OC(C)(C)C)CC1)OC(CCC(C)(C)c1ccccc1)c1ccccc1. The van der Waals surface area contributed by atoms with Crippen molar-refractivity contribution in [3.05, 3.63) is 71.8 Å². The fourth-order valence-corrected chi connectivity index (χ4v) is 5.19. The van der Waals surface area contributed by atoms with Gasteiger partial charge in [-0.1, -0.05) is 74.5 Å². The second-order valence-corrected chi connectivity index (χ2v) is 12.6. The van der Waals surface area contributed by atoms with Crippen molar-refractivity contribution in [1.29, 1.82) is 0 Å². The van der Waals surface area contributed by atoms with Crippen LogP contribution in [0.3, 0.4) is 0 Å². The lowest BCUT2D eigenvalue weighted by Gasteiger charge is -2.38. The van der Waals surface area contributed by atoms with Crippen LogP contribution in [0.5, 0.6) is 0 Å². The van der Waals surface area contributed by atoms with Crippen LogP contribution in [-0.2, 0) is 14.9 Å². The smallest absolute Gasteiger partial charge is 0.410 e.